The van der Waals surface area contributed by atoms with Gasteiger partial charge in [-0.2, -0.15) is 0 Å². The van der Waals surface area contributed by atoms with Crippen molar-refractivity contribution in [3.8, 4) is 0 Å². The Kier molecular flexibility index (Phi) is 4.41. The van der Waals surface area contributed by atoms with Crippen LogP contribution in [0.4, 0.5) is 0 Å². The predicted octanol–water partition coefficient (Wildman–Crippen LogP) is 1.61. The molecule has 2 aromatic heterocycles. The Balaban J connectivity index is 2.09. The molecule has 7 heteroatoms. The van der Waals surface area contributed by atoms with Gasteiger partial charge in [0, 0.05) is 23.3 Å². The fourth-order valence-electron chi connectivity index (χ4n) is 1.75. The summed E-state index contributed by atoms with van der Waals surface area (Å²) in [6.07, 6.45) is 2.27. The maximum atomic E-state index is 12.0. The molecule has 2 heterocycles. The number of aromatic amines is 1. The van der Waals surface area contributed by atoms with Gasteiger partial charge in [-0.1, -0.05) is 6.92 Å². The minimum atomic E-state index is -3.54. The van der Waals surface area contributed by atoms with Gasteiger partial charge in [0.2, 0.25) is 10.0 Å². The van der Waals surface area contributed by atoms with E-state index in [0.717, 1.165) is 16.9 Å². The van der Waals surface area contributed by atoms with Crippen LogP contribution in [-0.2, 0) is 29.6 Å². The van der Waals surface area contributed by atoms with Gasteiger partial charge >= 0.3 is 0 Å². The molecule has 0 fully saturated rings. The van der Waals surface area contributed by atoms with E-state index in [9.17, 15) is 8.42 Å². The third-order valence-corrected chi connectivity index (χ3v) is 5.18. The number of rotatable bonds is 6. The Morgan fingerprint density at radius 3 is 2.89 bits per heavy atom. The molecular formula is C12H16N2O3S2. The number of hydrogen-bond acceptors (Lipinski definition) is 4. The number of H-pyrrole nitrogens is 1. The number of hydrogen-bond donors (Lipinski definition) is 3. The van der Waals surface area contributed by atoms with Crippen molar-refractivity contribution in [2.45, 2.75) is 31.4 Å². The molecular weight excluding hydrogens is 284 g/mol. The largest absolute Gasteiger partial charge is 0.390 e. The lowest BCUT2D eigenvalue weighted by molar-refractivity contribution is 0.277. The van der Waals surface area contributed by atoms with Crippen LogP contribution in [-0.4, -0.2) is 18.5 Å². The molecule has 0 unspecified atom stereocenters. The Hall–Kier alpha value is -1.15. The molecule has 2 rings (SSSR count). The Labute approximate surface area is 116 Å². The number of aliphatic hydroxyl groups excluding tert-OH is 1. The topological polar surface area (TPSA) is 82.2 Å². The minimum absolute atomic E-state index is 0.145. The summed E-state index contributed by atoms with van der Waals surface area (Å²) < 4.78 is 26.7. The zero-order valence-electron chi connectivity index (χ0n) is 10.5. The molecule has 0 atom stereocenters. The SMILES string of the molecule is CCc1ccsc1CNS(=O)(=O)c1c[nH]c(CO)c1. The van der Waals surface area contributed by atoms with Gasteiger partial charge in [0.05, 0.1) is 11.5 Å². The second kappa shape index (κ2) is 5.87. The van der Waals surface area contributed by atoms with Crippen molar-refractivity contribution >= 4 is 21.4 Å². The molecule has 0 radical (unpaired) electrons. The number of thiophene rings is 1. The van der Waals surface area contributed by atoms with Crippen LogP contribution >= 0.6 is 11.3 Å². The van der Waals surface area contributed by atoms with E-state index in [4.69, 9.17) is 5.11 Å². The average molecular weight is 300 g/mol. The van der Waals surface area contributed by atoms with E-state index in [-0.39, 0.29) is 11.5 Å². The van der Waals surface area contributed by atoms with Crippen LogP contribution in [0.3, 0.4) is 0 Å². The monoisotopic (exact) mass is 300 g/mol. The zero-order chi connectivity index (χ0) is 13.9. The number of aliphatic hydroxyl groups is 1. The fourth-order valence-corrected chi connectivity index (χ4v) is 3.77. The van der Waals surface area contributed by atoms with Crippen molar-refractivity contribution in [2.75, 3.05) is 0 Å². The third kappa shape index (κ3) is 3.24. The van der Waals surface area contributed by atoms with Gasteiger partial charge in [0.15, 0.2) is 0 Å². The standard InChI is InChI=1S/C12H16N2O3S2/c1-2-9-3-4-18-12(9)7-14-19(16,17)11-5-10(8-15)13-6-11/h3-6,13-15H,2,7-8H2,1H3. The first kappa shape index (κ1) is 14.3. The Morgan fingerprint density at radius 1 is 1.47 bits per heavy atom. The van der Waals surface area contributed by atoms with E-state index in [0.29, 0.717) is 12.2 Å². The fraction of sp³-hybridized carbons (Fsp3) is 0.333. The van der Waals surface area contributed by atoms with Gasteiger partial charge in [0.1, 0.15) is 0 Å². The van der Waals surface area contributed by atoms with Crippen molar-refractivity contribution in [3.63, 3.8) is 0 Å². The second-order valence-corrected chi connectivity index (χ2v) is 6.83. The van der Waals surface area contributed by atoms with Crippen LogP contribution < -0.4 is 4.72 Å². The molecule has 0 amide bonds. The Bertz CT molecular complexity index is 643. The molecule has 5 nitrogen and oxygen atoms in total. The normalized spacial score (nSPS) is 11.9. The van der Waals surface area contributed by atoms with Gasteiger partial charge in [-0.15, -0.1) is 11.3 Å². The first-order valence-electron chi connectivity index (χ1n) is 5.90. The van der Waals surface area contributed by atoms with E-state index in [1.54, 1.807) is 11.3 Å². The van der Waals surface area contributed by atoms with Crippen molar-refractivity contribution in [3.05, 3.63) is 39.8 Å². The smallest absolute Gasteiger partial charge is 0.242 e. The molecule has 0 spiro atoms. The highest BCUT2D eigenvalue weighted by molar-refractivity contribution is 7.89. The summed E-state index contributed by atoms with van der Waals surface area (Å²) in [5, 5.41) is 10.9. The summed E-state index contributed by atoms with van der Waals surface area (Å²) in [7, 11) is -3.54. The molecule has 0 aliphatic heterocycles. The lowest BCUT2D eigenvalue weighted by Crippen LogP contribution is -2.22. The summed E-state index contributed by atoms with van der Waals surface area (Å²) in [6.45, 7) is 2.13. The summed E-state index contributed by atoms with van der Waals surface area (Å²) >= 11 is 1.54. The summed E-state index contributed by atoms with van der Waals surface area (Å²) in [6, 6.07) is 3.44. The Morgan fingerprint density at radius 2 is 2.26 bits per heavy atom. The van der Waals surface area contributed by atoms with E-state index >= 15 is 0 Å². The average Bonchev–Trinajstić information content (AvgIpc) is 3.05. The van der Waals surface area contributed by atoms with Crippen LogP contribution in [0.1, 0.15) is 23.1 Å². The van der Waals surface area contributed by atoms with Crippen LogP contribution in [0.25, 0.3) is 0 Å². The van der Waals surface area contributed by atoms with Crippen molar-refractivity contribution in [1.29, 1.82) is 0 Å². The highest BCUT2D eigenvalue weighted by Gasteiger charge is 2.16. The highest BCUT2D eigenvalue weighted by Crippen LogP contribution is 2.18. The maximum absolute atomic E-state index is 12.0. The molecule has 3 N–H and O–H groups in total. The molecule has 19 heavy (non-hydrogen) atoms. The predicted molar refractivity (Wildman–Crippen MR) is 74.4 cm³/mol. The molecule has 2 aromatic rings. The second-order valence-electron chi connectivity index (χ2n) is 4.07. The summed E-state index contributed by atoms with van der Waals surface area (Å²) in [4.78, 5) is 3.89. The van der Waals surface area contributed by atoms with E-state index in [1.807, 2.05) is 18.4 Å². The third-order valence-electron chi connectivity index (χ3n) is 2.84. The molecule has 0 aliphatic carbocycles. The van der Waals surface area contributed by atoms with Gasteiger partial charge in [-0.25, -0.2) is 13.1 Å². The molecule has 0 saturated carbocycles. The van der Waals surface area contributed by atoms with E-state index in [1.165, 1.54) is 12.3 Å². The van der Waals surface area contributed by atoms with E-state index in [2.05, 4.69) is 9.71 Å². The first-order chi connectivity index (χ1) is 9.06. The van der Waals surface area contributed by atoms with Crippen LogP contribution in [0.15, 0.2) is 28.6 Å². The maximum Gasteiger partial charge on any atom is 0.242 e. The quantitative estimate of drug-likeness (QED) is 0.758. The first-order valence-corrected chi connectivity index (χ1v) is 8.26. The number of nitrogens with one attached hydrogen (secondary N) is 2. The zero-order valence-corrected chi connectivity index (χ0v) is 12.1. The van der Waals surface area contributed by atoms with Gasteiger partial charge in [0.25, 0.3) is 0 Å². The highest BCUT2D eigenvalue weighted by atomic mass is 32.2. The minimum Gasteiger partial charge on any atom is -0.390 e. The van der Waals surface area contributed by atoms with Crippen molar-refractivity contribution < 1.29 is 13.5 Å². The van der Waals surface area contributed by atoms with Crippen LogP contribution in [0, 0.1) is 0 Å². The lowest BCUT2D eigenvalue weighted by Gasteiger charge is -2.05. The summed E-state index contributed by atoms with van der Waals surface area (Å²) in [5.41, 5.74) is 1.64. The van der Waals surface area contributed by atoms with Crippen molar-refractivity contribution in [2.24, 2.45) is 0 Å². The molecule has 0 saturated heterocycles. The van der Waals surface area contributed by atoms with Crippen LogP contribution in [0.5, 0.6) is 0 Å². The van der Waals surface area contributed by atoms with Crippen molar-refractivity contribution in [1.82, 2.24) is 9.71 Å². The van der Waals surface area contributed by atoms with Crippen LogP contribution in [0.2, 0.25) is 0 Å². The number of aromatic nitrogens is 1. The van der Waals surface area contributed by atoms with Gasteiger partial charge in [-0.05, 0) is 29.5 Å². The molecule has 0 aliphatic rings. The molecule has 0 aromatic carbocycles. The molecule has 104 valence electrons. The number of aryl methyl sites for hydroxylation is 1. The summed E-state index contributed by atoms with van der Waals surface area (Å²) in [5.74, 6) is 0. The number of sulfonamides is 1. The van der Waals surface area contributed by atoms with Gasteiger partial charge in [-0.3, -0.25) is 0 Å². The van der Waals surface area contributed by atoms with Gasteiger partial charge < -0.3 is 10.1 Å². The lowest BCUT2D eigenvalue weighted by atomic mass is 10.2. The van der Waals surface area contributed by atoms with E-state index < -0.39 is 10.0 Å². The molecule has 0 bridgehead atoms.